The molecule has 0 fully saturated rings. The molecule has 2 aromatic carbocycles. The maximum atomic E-state index is 2.25. The van der Waals surface area contributed by atoms with E-state index in [9.17, 15) is 0 Å². The highest BCUT2D eigenvalue weighted by Crippen LogP contribution is 2.28. The molecule has 19 heavy (non-hydrogen) atoms. The SMILES string of the molecule is CC=C(c1ccccc1)c1cccc(CC)c1CC. The van der Waals surface area contributed by atoms with E-state index in [-0.39, 0.29) is 0 Å². The van der Waals surface area contributed by atoms with Crippen molar-refractivity contribution in [1.29, 1.82) is 0 Å². The summed E-state index contributed by atoms with van der Waals surface area (Å²) in [5.74, 6) is 0. The number of aryl methyl sites for hydroxylation is 1. The fourth-order valence-corrected chi connectivity index (χ4v) is 2.73. The second-order valence-corrected chi connectivity index (χ2v) is 4.72. The Morgan fingerprint density at radius 1 is 0.895 bits per heavy atom. The molecule has 0 unspecified atom stereocenters. The minimum Gasteiger partial charge on any atom is -0.0792 e. The van der Waals surface area contributed by atoms with Gasteiger partial charge in [0.15, 0.2) is 0 Å². The number of rotatable bonds is 4. The lowest BCUT2D eigenvalue weighted by molar-refractivity contribution is 1.03. The molecule has 0 aromatic heterocycles. The summed E-state index contributed by atoms with van der Waals surface area (Å²) >= 11 is 0. The van der Waals surface area contributed by atoms with Crippen molar-refractivity contribution in [1.82, 2.24) is 0 Å². The van der Waals surface area contributed by atoms with E-state index in [1.807, 2.05) is 0 Å². The molecular formula is C19H22. The first-order valence-electron chi connectivity index (χ1n) is 7.14. The standard InChI is InChI=1S/C19H22/c1-4-15-13-10-14-19(17(15)5-2)18(6-3)16-11-8-7-9-12-16/h6-14H,4-5H2,1-3H3. The third-order valence-electron chi connectivity index (χ3n) is 3.67. The molecule has 0 saturated heterocycles. The van der Waals surface area contributed by atoms with E-state index >= 15 is 0 Å². The molecule has 0 amide bonds. The zero-order valence-corrected chi connectivity index (χ0v) is 12.1. The van der Waals surface area contributed by atoms with Crippen LogP contribution in [0.3, 0.4) is 0 Å². The summed E-state index contributed by atoms with van der Waals surface area (Å²) in [6.07, 6.45) is 4.41. The van der Waals surface area contributed by atoms with Crippen molar-refractivity contribution < 1.29 is 0 Å². The fraction of sp³-hybridized carbons (Fsp3) is 0.263. The van der Waals surface area contributed by atoms with Gasteiger partial charge in [0.2, 0.25) is 0 Å². The van der Waals surface area contributed by atoms with Crippen molar-refractivity contribution in [2.24, 2.45) is 0 Å². The molecular weight excluding hydrogens is 228 g/mol. The molecule has 2 rings (SSSR count). The van der Waals surface area contributed by atoms with Gasteiger partial charge in [-0.3, -0.25) is 0 Å². The highest BCUT2D eigenvalue weighted by Gasteiger charge is 2.10. The van der Waals surface area contributed by atoms with E-state index < -0.39 is 0 Å². The molecule has 0 atom stereocenters. The maximum Gasteiger partial charge on any atom is -0.0147 e. The third kappa shape index (κ3) is 2.78. The minimum atomic E-state index is 1.09. The van der Waals surface area contributed by atoms with E-state index in [2.05, 4.69) is 75.4 Å². The Balaban J connectivity index is 2.57. The summed E-state index contributed by atoms with van der Waals surface area (Å²) in [4.78, 5) is 0. The van der Waals surface area contributed by atoms with Crippen molar-refractivity contribution in [3.8, 4) is 0 Å². The van der Waals surface area contributed by atoms with Crippen LogP contribution < -0.4 is 0 Å². The molecule has 0 aliphatic rings. The second-order valence-electron chi connectivity index (χ2n) is 4.72. The van der Waals surface area contributed by atoms with Gasteiger partial charge in [0, 0.05) is 0 Å². The predicted octanol–water partition coefficient (Wildman–Crippen LogP) is 5.26. The highest BCUT2D eigenvalue weighted by molar-refractivity contribution is 5.81. The van der Waals surface area contributed by atoms with Crippen LogP contribution in [0.2, 0.25) is 0 Å². The first-order valence-corrected chi connectivity index (χ1v) is 7.14. The van der Waals surface area contributed by atoms with Crippen molar-refractivity contribution in [3.05, 3.63) is 76.9 Å². The zero-order chi connectivity index (χ0) is 13.7. The van der Waals surface area contributed by atoms with Gasteiger partial charge in [0.25, 0.3) is 0 Å². The summed E-state index contributed by atoms with van der Waals surface area (Å²) in [6.45, 7) is 6.60. The Morgan fingerprint density at radius 2 is 1.63 bits per heavy atom. The van der Waals surface area contributed by atoms with Gasteiger partial charge in [-0.15, -0.1) is 0 Å². The minimum absolute atomic E-state index is 1.09. The molecule has 0 bridgehead atoms. The molecule has 2 aromatic rings. The monoisotopic (exact) mass is 250 g/mol. The molecule has 98 valence electrons. The zero-order valence-electron chi connectivity index (χ0n) is 12.1. The van der Waals surface area contributed by atoms with Gasteiger partial charge in [-0.05, 0) is 47.6 Å². The van der Waals surface area contributed by atoms with Crippen LogP contribution in [-0.4, -0.2) is 0 Å². The second kappa shape index (κ2) is 6.38. The average Bonchev–Trinajstić information content (AvgIpc) is 2.48. The molecule has 0 spiro atoms. The largest absolute Gasteiger partial charge is 0.0792 e. The topological polar surface area (TPSA) is 0 Å². The van der Waals surface area contributed by atoms with Crippen LogP contribution in [0.4, 0.5) is 0 Å². The van der Waals surface area contributed by atoms with Gasteiger partial charge in [-0.2, -0.15) is 0 Å². The maximum absolute atomic E-state index is 2.25. The van der Waals surface area contributed by atoms with Crippen LogP contribution in [0.1, 0.15) is 43.0 Å². The van der Waals surface area contributed by atoms with Gasteiger partial charge in [-0.25, -0.2) is 0 Å². The lowest BCUT2D eigenvalue weighted by Gasteiger charge is -2.15. The third-order valence-corrected chi connectivity index (χ3v) is 3.67. The summed E-state index contributed by atoms with van der Waals surface area (Å²) in [7, 11) is 0. The lowest BCUT2D eigenvalue weighted by atomic mass is 9.89. The van der Waals surface area contributed by atoms with E-state index in [0.717, 1.165) is 12.8 Å². The van der Waals surface area contributed by atoms with E-state index in [4.69, 9.17) is 0 Å². The summed E-state index contributed by atoms with van der Waals surface area (Å²) in [5, 5.41) is 0. The molecule has 0 heterocycles. The van der Waals surface area contributed by atoms with Gasteiger partial charge >= 0.3 is 0 Å². The smallest absolute Gasteiger partial charge is 0.0147 e. The average molecular weight is 250 g/mol. The van der Waals surface area contributed by atoms with Crippen molar-refractivity contribution >= 4 is 5.57 Å². The highest BCUT2D eigenvalue weighted by atomic mass is 14.1. The molecule has 0 nitrogen and oxygen atoms in total. The summed E-state index contributed by atoms with van der Waals surface area (Å²) in [5.41, 5.74) is 6.98. The van der Waals surface area contributed by atoms with Crippen LogP contribution >= 0.6 is 0 Å². The molecule has 0 saturated carbocycles. The van der Waals surface area contributed by atoms with Crippen molar-refractivity contribution in [2.45, 2.75) is 33.6 Å². The van der Waals surface area contributed by atoms with Crippen LogP contribution in [0.5, 0.6) is 0 Å². The Labute approximate surface area is 116 Å². The van der Waals surface area contributed by atoms with Crippen LogP contribution in [0, 0.1) is 0 Å². The number of hydrogen-bond acceptors (Lipinski definition) is 0. The van der Waals surface area contributed by atoms with Crippen LogP contribution in [0.15, 0.2) is 54.6 Å². The summed E-state index contributed by atoms with van der Waals surface area (Å²) in [6, 6.07) is 17.3. The molecule has 0 radical (unpaired) electrons. The van der Waals surface area contributed by atoms with E-state index in [1.165, 1.54) is 27.8 Å². The molecule has 0 N–H and O–H groups in total. The lowest BCUT2D eigenvalue weighted by Crippen LogP contribution is -1.99. The predicted molar refractivity (Wildman–Crippen MR) is 84.4 cm³/mol. The first-order chi connectivity index (χ1) is 9.31. The van der Waals surface area contributed by atoms with E-state index in [0.29, 0.717) is 0 Å². The van der Waals surface area contributed by atoms with Gasteiger partial charge in [0.1, 0.15) is 0 Å². The van der Waals surface area contributed by atoms with E-state index in [1.54, 1.807) is 0 Å². The first kappa shape index (κ1) is 13.6. The number of hydrogen-bond donors (Lipinski definition) is 0. The van der Waals surface area contributed by atoms with Gasteiger partial charge in [-0.1, -0.05) is 68.5 Å². The molecule has 0 aliphatic carbocycles. The Morgan fingerprint density at radius 3 is 2.21 bits per heavy atom. The quantitative estimate of drug-likeness (QED) is 0.694. The molecule has 0 aliphatic heterocycles. The Hall–Kier alpha value is -1.82. The summed E-state index contributed by atoms with van der Waals surface area (Å²) < 4.78 is 0. The molecule has 0 heteroatoms. The van der Waals surface area contributed by atoms with Crippen LogP contribution in [-0.2, 0) is 12.8 Å². The fourth-order valence-electron chi connectivity index (χ4n) is 2.73. The number of benzene rings is 2. The van der Waals surface area contributed by atoms with Gasteiger partial charge < -0.3 is 0 Å². The Kier molecular flexibility index (Phi) is 4.57. The Bertz CT molecular complexity index is 562. The van der Waals surface area contributed by atoms with Gasteiger partial charge in [0.05, 0.1) is 0 Å². The van der Waals surface area contributed by atoms with Crippen molar-refractivity contribution in [3.63, 3.8) is 0 Å². The number of allylic oxidation sites excluding steroid dienone is 1. The normalized spacial score (nSPS) is 11.6. The van der Waals surface area contributed by atoms with Crippen LogP contribution in [0.25, 0.3) is 5.57 Å². The van der Waals surface area contributed by atoms with Crippen molar-refractivity contribution in [2.75, 3.05) is 0 Å².